The number of rotatable bonds is 4. The van der Waals surface area contributed by atoms with Gasteiger partial charge in [0.05, 0.1) is 0 Å². The molecule has 7 heteroatoms. The van der Waals surface area contributed by atoms with Gasteiger partial charge < -0.3 is 10.3 Å². The topological polar surface area (TPSA) is 60.9 Å². The lowest BCUT2D eigenvalue weighted by molar-refractivity contribution is 0.0977. The smallest absolute Gasteiger partial charge is 0.266 e. The lowest BCUT2D eigenvalue weighted by Crippen LogP contribution is -2.19. The summed E-state index contributed by atoms with van der Waals surface area (Å²) in [7, 11) is 0. The molecular weight excluding hydrogens is 259 g/mol. The molecule has 100 valence electrons. The molecule has 0 bridgehead atoms. The number of nitrogens with zero attached hydrogens (tertiary/aromatic N) is 2. The highest BCUT2D eigenvalue weighted by Gasteiger charge is 2.21. The summed E-state index contributed by atoms with van der Waals surface area (Å²) < 4.78 is 39.6. The summed E-state index contributed by atoms with van der Waals surface area (Å²) in [5.74, 6) is -1.63. The molecule has 0 spiro atoms. The Bertz CT molecular complexity index is 610. The molecule has 19 heavy (non-hydrogen) atoms. The molecule has 2 heterocycles. The minimum Gasteiger partial charge on any atom is -0.364 e. The van der Waals surface area contributed by atoms with Gasteiger partial charge in [-0.15, -0.1) is 0 Å². The maximum atomic E-state index is 12.9. The molecule has 4 nitrogen and oxygen atoms in total. The lowest BCUT2D eigenvalue weighted by Gasteiger charge is -2.08. The normalized spacial score (nSPS) is 10.9. The average Bonchev–Trinajstić information content (AvgIpc) is 2.73. The quantitative estimate of drug-likeness (QED) is 0.864. The van der Waals surface area contributed by atoms with E-state index >= 15 is 0 Å². The highest BCUT2D eigenvalue weighted by molar-refractivity contribution is 5.93. The number of nitrogens with two attached hydrogens (primary N) is 1. The maximum absolute atomic E-state index is 12.9. The Labute approximate surface area is 106 Å². The first-order valence-electron chi connectivity index (χ1n) is 5.36. The van der Waals surface area contributed by atoms with E-state index in [2.05, 4.69) is 4.98 Å². The van der Waals surface area contributed by atoms with E-state index in [1.54, 1.807) is 0 Å². The molecule has 0 atom stereocenters. The van der Waals surface area contributed by atoms with Gasteiger partial charge >= 0.3 is 0 Å². The van der Waals surface area contributed by atoms with Gasteiger partial charge in [0.25, 0.3) is 12.3 Å². The molecule has 0 aliphatic carbocycles. The predicted octanol–water partition coefficient (Wildman–Crippen LogP) is 2.11. The zero-order valence-electron chi connectivity index (χ0n) is 9.69. The van der Waals surface area contributed by atoms with E-state index in [1.807, 2.05) is 0 Å². The van der Waals surface area contributed by atoms with Gasteiger partial charge in [-0.1, -0.05) is 0 Å². The second-order valence-corrected chi connectivity index (χ2v) is 3.90. The molecule has 0 fully saturated rings. The van der Waals surface area contributed by atoms with Crippen LogP contribution in [-0.2, 0) is 6.54 Å². The van der Waals surface area contributed by atoms with E-state index in [0.717, 1.165) is 12.1 Å². The van der Waals surface area contributed by atoms with Crippen molar-refractivity contribution in [1.29, 1.82) is 0 Å². The number of hydrogen-bond acceptors (Lipinski definition) is 2. The minimum absolute atomic E-state index is 0.0600. The number of amides is 1. The number of carbonyl (C=O) groups is 1. The van der Waals surface area contributed by atoms with Crippen molar-refractivity contribution in [2.24, 2.45) is 5.73 Å². The highest BCUT2D eigenvalue weighted by Crippen LogP contribution is 2.24. The standard InChI is InChI=1S/C12H10F3N3O/c13-9-5-7(1-3-17-9)6-18-4-2-8(11(14)15)10(18)12(16)19/h1-5,11H,6H2,(H2,16,19). The monoisotopic (exact) mass is 269 g/mol. The first-order chi connectivity index (χ1) is 8.99. The van der Waals surface area contributed by atoms with Crippen molar-refractivity contribution in [2.75, 3.05) is 0 Å². The molecule has 0 saturated carbocycles. The predicted molar refractivity (Wildman–Crippen MR) is 61.2 cm³/mol. The van der Waals surface area contributed by atoms with E-state index < -0.39 is 23.8 Å². The van der Waals surface area contributed by atoms with Crippen LogP contribution in [0, 0.1) is 5.95 Å². The molecule has 0 aliphatic rings. The van der Waals surface area contributed by atoms with Gasteiger partial charge in [-0.05, 0) is 23.8 Å². The van der Waals surface area contributed by atoms with E-state index in [-0.39, 0.29) is 12.2 Å². The Kier molecular flexibility index (Phi) is 3.55. The molecule has 0 unspecified atom stereocenters. The van der Waals surface area contributed by atoms with Crippen molar-refractivity contribution >= 4 is 5.91 Å². The zero-order chi connectivity index (χ0) is 14.0. The fraction of sp³-hybridized carbons (Fsp3) is 0.167. The summed E-state index contributed by atoms with van der Waals surface area (Å²) in [6, 6.07) is 3.81. The fourth-order valence-electron chi connectivity index (χ4n) is 1.82. The molecular formula is C12H10F3N3O. The van der Waals surface area contributed by atoms with Crippen LogP contribution in [0.1, 0.15) is 28.0 Å². The number of primary amides is 1. The number of pyridine rings is 1. The van der Waals surface area contributed by atoms with Crippen LogP contribution in [0.3, 0.4) is 0 Å². The molecule has 2 N–H and O–H groups in total. The summed E-state index contributed by atoms with van der Waals surface area (Å²) in [6.07, 6.45) is -0.218. The Morgan fingerprint density at radius 3 is 2.74 bits per heavy atom. The molecule has 0 radical (unpaired) electrons. The highest BCUT2D eigenvalue weighted by atomic mass is 19.3. The van der Waals surface area contributed by atoms with Crippen molar-refractivity contribution < 1.29 is 18.0 Å². The number of alkyl halides is 2. The molecule has 2 aromatic heterocycles. The SMILES string of the molecule is NC(=O)c1c(C(F)F)ccn1Cc1ccnc(F)c1. The number of halogens is 3. The van der Waals surface area contributed by atoms with E-state index in [1.165, 1.54) is 23.0 Å². The van der Waals surface area contributed by atoms with Gasteiger partial charge in [0.2, 0.25) is 5.95 Å². The van der Waals surface area contributed by atoms with Gasteiger partial charge in [0, 0.05) is 24.5 Å². The summed E-state index contributed by atoms with van der Waals surface area (Å²) in [5, 5.41) is 0. The van der Waals surface area contributed by atoms with Crippen molar-refractivity contribution in [3.63, 3.8) is 0 Å². The van der Waals surface area contributed by atoms with Gasteiger partial charge in [0.15, 0.2) is 0 Å². The molecule has 1 amide bonds. The third kappa shape index (κ3) is 2.75. The van der Waals surface area contributed by atoms with E-state index in [4.69, 9.17) is 5.73 Å². The summed E-state index contributed by atoms with van der Waals surface area (Å²) in [5.41, 5.74) is 4.89. The second kappa shape index (κ2) is 5.13. The summed E-state index contributed by atoms with van der Waals surface area (Å²) >= 11 is 0. The Morgan fingerprint density at radius 1 is 1.42 bits per heavy atom. The van der Waals surface area contributed by atoms with Crippen molar-refractivity contribution in [1.82, 2.24) is 9.55 Å². The minimum atomic E-state index is -2.79. The average molecular weight is 269 g/mol. The van der Waals surface area contributed by atoms with Crippen molar-refractivity contribution in [2.45, 2.75) is 13.0 Å². The molecule has 2 aromatic rings. The summed E-state index contributed by atoms with van der Waals surface area (Å²) in [6.45, 7) is 0.0600. The summed E-state index contributed by atoms with van der Waals surface area (Å²) in [4.78, 5) is 14.6. The number of hydrogen-bond donors (Lipinski definition) is 1. The Hall–Kier alpha value is -2.31. The Balaban J connectivity index is 2.38. The van der Waals surface area contributed by atoms with Crippen LogP contribution in [0.25, 0.3) is 0 Å². The second-order valence-electron chi connectivity index (χ2n) is 3.90. The number of aromatic nitrogens is 2. The van der Waals surface area contributed by atoms with Gasteiger partial charge in [-0.25, -0.2) is 13.8 Å². The van der Waals surface area contributed by atoms with E-state index in [9.17, 15) is 18.0 Å². The van der Waals surface area contributed by atoms with Crippen LogP contribution in [0.5, 0.6) is 0 Å². The first-order valence-corrected chi connectivity index (χ1v) is 5.36. The third-order valence-corrected chi connectivity index (χ3v) is 2.61. The van der Waals surface area contributed by atoms with Crippen molar-refractivity contribution in [3.8, 4) is 0 Å². The van der Waals surface area contributed by atoms with E-state index in [0.29, 0.717) is 5.56 Å². The largest absolute Gasteiger partial charge is 0.364 e. The maximum Gasteiger partial charge on any atom is 0.266 e. The Morgan fingerprint density at radius 2 is 2.16 bits per heavy atom. The van der Waals surface area contributed by atoms with Crippen LogP contribution in [0.15, 0.2) is 30.6 Å². The van der Waals surface area contributed by atoms with Crippen LogP contribution in [-0.4, -0.2) is 15.5 Å². The fourth-order valence-corrected chi connectivity index (χ4v) is 1.82. The van der Waals surface area contributed by atoms with Crippen molar-refractivity contribution in [3.05, 3.63) is 53.4 Å². The van der Waals surface area contributed by atoms with Gasteiger partial charge in [-0.3, -0.25) is 4.79 Å². The lowest BCUT2D eigenvalue weighted by atomic mass is 10.2. The molecule has 0 aromatic carbocycles. The molecule has 0 aliphatic heterocycles. The van der Waals surface area contributed by atoms with Crippen LogP contribution in [0.2, 0.25) is 0 Å². The van der Waals surface area contributed by atoms with Crippen LogP contribution < -0.4 is 5.73 Å². The number of carbonyl (C=O) groups excluding carboxylic acids is 1. The van der Waals surface area contributed by atoms with Crippen LogP contribution >= 0.6 is 0 Å². The van der Waals surface area contributed by atoms with Gasteiger partial charge in [-0.2, -0.15) is 4.39 Å². The first kappa shape index (κ1) is 13.1. The van der Waals surface area contributed by atoms with Crippen LogP contribution in [0.4, 0.5) is 13.2 Å². The zero-order valence-corrected chi connectivity index (χ0v) is 9.69. The third-order valence-electron chi connectivity index (χ3n) is 2.61. The molecule has 2 rings (SSSR count). The van der Waals surface area contributed by atoms with Gasteiger partial charge in [0.1, 0.15) is 5.69 Å². The molecule has 0 saturated heterocycles.